The SMILES string of the molecule is Cc1c([C@@H]2NCCc3[nH]cnc32)c(=O)n(-c2ccccc2)n1C. The predicted molar refractivity (Wildman–Crippen MR) is 87.9 cm³/mol. The van der Waals surface area contributed by atoms with Crippen LogP contribution in [0, 0.1) is 6.92 Å². The zero-order valence-corrected chi connectivity index (χ0v) is 13.2. The van der Waals surface area contributed by atoms with E-state index in [1.165, 1.54) is 0 Å². The summed E-state index contributed by atoms with van der Waals surface area (Å²) in [5, 5.41) is 3.44. The van der Waals surface area contributed by atoms with Gasteiger partial charge in [-0.15, -0.1) is 0 Å². The first kappa shape index (κ1) is 14.0. The highest BCUT2D eigenvalue weighted by Crippen LogP contribution is 2.27. The monoisotopic (exact) mass is 309 g/mol. The van der Waals surface area contributed by atoms with Crippen molar-refractivity contribution in [3.8, 4) is 5.69 Å². The number of aromatic amines is 1. The normalized spacial score (nSPS) is 17.2. The molecule has 1 atom stereocenters. The molecule has 6 nitrogen and oxygen atoms in total. The van der Waals surface area contributed by atoms with Gasteiger partial charge < -0.3 is 10.3 Å². The van der Waals surface area contributed by atoms with Crippen molar-refractivity contribution in [1.82, 2.24) is 24.6 Å². The highest BCUT2D eigenvalue weighted by molar-refractivity contribution is 5.38. The molecule has 0 bridgehead atoms. The maximum absolute atomic E-state index is 13.1. The largest absolute Gasteiger partial charge is 0.348 e. The standard InChI is InChI=1S/C17H19N5O/c1-11-14(16-15-13(8-9-18-16)19-10-20-15)17(23)22(21(11)2)12-6-4-3-5-7-12/h3-7,10,16,18H,8-9H2,1-2H3,(H,19,20)/t16-/m0/s1. The third-order valence-corrected chi connectivity index (χ3v) is 4.64. The number of benzene rings is 1. The molecule has 1 aliphatic heterocycles. The first-order valence-electron chi connectivity index (χ1n) is 7.78. The van der Waals surface area contributed by atoms with Gasteiger partial charge in [0, 0.05) is 31.4 Å². The van der Waals surface area contributed by atoms with E-state index in [9.17, 15) is 4.79 Å². The Hall–Kier alpha value is -2.60. The summed E-state index contributed by atoms with van der Waals surface area (Å²) >= 11 is 0. The zero-order chi connectivity index (χ0) is 16.0. The van der Waals surface area contributed by atoms with Crippen LogP contribution in [0.15, 0.2) is 41.5 Å². The van der Waals surface area contributed by atoms with Gasteiger partial charge in [0.1, 0.15) is 0 Å². The van der Waals surface area contributed by atoms with Gasteiger partial charge in [-0.2, -0.15) is 0 Å². The summed E-state index contributed by atoms with van der Waals surface area (Å²) < 4.78 is 3.63. The molecule has 118 valence electrons. The summed E-state index contributed by atoms with van der Waals surface area (Å²) in [4.78, 5) is 20.7. The number of aromatic nitrogens is 4. The van der Waals surface area contributed by atoms with Crippen LogP contribution in [0.2, 0.25) is 0 Å². The van der Waals surface area contributed by atoms with E-state index in [1.807, 2.05) is 49.0 Å². The van der Waals surface area contributed by atoms with Crippen molar-refractivity contribution < 1.29 is 0 Å². The van der Waals surface area contributed by atoms with E-state index >= 15 is 0 Å². The van der Waals surface area contributed by atoms with Crippen LogP contribution < -0.4 is 10.9 Å². The Morgan fingerprint density at radius 1 is 1.26 bits per heavy atom. The summed E-state index contributed by atoms with van der Waals surface area (Å²) in [5.74, 6) is 0. The number of nitrogens with one attached hydrogen (secondary N) is 2. The number of rotatable bonds is 2. The fourth-order valence-electron chi connectivity index (χ4n) is 3.38. The number of nitrogens with zero attached hydrogens (tertiary/aromatic N) is 3. The van der Waals surface area contributed by atoms with E-state index in [0.717, 1.165) is 41.3 Å². The van der Waals surface area contributed by atoms with Crippen LogP contribution in [0.5, 0.6) is 0 Å². The van der Waals surface area contributed by atoms with Gasteiger partial charge in [0.05, 0.1) is 29.3 Å². The number of hydrogen-bond acceptors (Lipinski definition) is 3. The number of hydrogen-bond donors (Lipinski definition) is 2. The van der Waals surface area contributed by atoms with Crippen molar-refractivity contribution in [2.45, 2.75) is 19.4 Å². The van der Waals surface area contributed by atoms with Gasteiger partial charge in [-0.25, -0.2) is 9.67 Å². The molecule has 0 radical (unpaired) electrons. The molecule has 0 saturated carbocycles. The van der Waals surface area contributed by atoms with Crippen LogP contribution >= 0.6 is 0 Å². The lowest BCUT2D eigenvalue weighted by atomic mass is 9.98. The van der Waals surface area contributed by atoms with Crippen LogP contribution in [-0.2, 0) is 13.5 Å². The first-order chi connectivity index (χ1) is 11.2. The summed E-state index contributed by atoms with van der Waals surface area (Å²) in [6.07, 6.45) is 2.61. The molecule has 6 heteroatoms. The second-order valence-corrected chi connectivity index (χ2v) is 5.88. The molecule has 0 saturated heterocycles. The summed E-state index contributed by atoms with van der Waals surface area (Å²) in [6, 6.07) is 9.55. The quantitative estimate of drug-likeness (QED) is 0.753. The van der Waals surface area contributed by atoms with Crippen molar-refractivity contribution >= 4 is 0 Å². The summed E-state index contributed by atoms with van der Waals surface area (Å²) in [5.41, 5.74) is 4.64. The number of para-hydroxylation sites is 1. The minimum atomic E-state index is -0.159. The van der Waals surface area contributed by atoms with Gasteiger partial charge in [-0.3, -0.25) is 9.48 Å². The van der Waals surface area contributed by atoms with E-state index in [0.29, 0.717) is 0 Å². The molecule has 0 spiro atoms. The van der Waals surface area contributed by atoms with Crippen LogP contribution in [0.1, 0.15) is 28.7 Å². The van der Waals surface area contributed by atoms with Crippen molar-refractivity contribution in [1.29, 1.82) is 0 Å². The maximum Gasteiger partial charge on any atom is 0.276 e. The topological polar surface area (TPSA) is 67.6 Å². The van der Waals surface area contributed by atoms with Crippen LogP contribution in [-0.4, -0.2) is 25.9 Å². The predicted octanol–water partition coefficient (Wildman–Crippen LogP) is 1.44. The van der Waals surface area contributed by atoms with Gasteiger partial charge in [0.25, 0.3) is 5.56 Å². The molecular weight excluding hydrogens is 290 g/mol. The molecule has 3 aromatic rings. The Morgan fingerprint density at radius 2 is 2.04 bits per heavy atom. The lowest BCUT2D eigenvalue weighted by molar-refractivity contribution is 0.548. The number of H-pyrrole nitrogens is 1. The molecule has 0 fully saturated rings. The molecule has 0 aliphatic carbocycles. The van der Waals surface area contributed by atoms with Gasteiger partial charge in [-0.05, 0) is 19.1 Å². The van der Waals surface area contributed by atoms with Crippen molar-refractivity contribution in [3.05, 3.63) is 69.7 Å². The van der Waals surface area contributed by atoms with Gasteiger partial charge in [0.2, 0.25) is 0 Å². The van der Waals surface area contributed by atoms with Crippen molar-refractivity contribution in [3.63, 3.8) is 0 Å². The molecule has 0 amide bonds. The highest BCUT2D eigenvalue weighted by atomic mass is 16.1. The minimum Gasteiger partial charge on any atom is -0.348 e. The minimum absolute atomic E-state index is 0.00421. The van der Waals surface area contributed by atoms with Crippen LogP contribution in [0.25, 0.3) is 5.69 Å². The van der Waals surface area contributed by atoms with Gasteiger partial charge in [-0.1, -0.05) is 18.2 Å². The second kappa shape index (κ2) is 5.24. The summed E-state index contributed by atoms with van der Waals surface area (Å²) in [7, 11) is 1.92. The lowest BCUT2D eigenvalue weighted by Crippen LogP contribution is -2.34. The number of fused-ring (bicyclic) bond motifs is 1. The van der Waals surface area contributed by atoms with Crippen LogP contribution in [0.3, 0.4) is 0 Å². The Kier molecular flexibility index (Phi) is 3.20. The Labute approximate surface area is 133 Å². The Morgan fingerprint density at radius 3 is 2.83 bits per heavy atom. The fourth-order valence-corrected chi connectivity index (χ4v) is 3.38. The molecule has 2 aromatic heterocycles. The van der Waals surface area contributed by atoms with Gasteiger partial charge >= 0.3 is 0 Å². The third-order valence-electron chi connectivity index (χ3n) is 4.64. The smallest absolute Gasteiger partial charge is 0.276 e. The van der Waals surface area contributed by atoms with E-state index in [4.69, 9.17) is 0 Å². The molecule has 4 rings (SSSR count). The average Bonchev–Trinajstić information content (AvgIpc) is 3.12. The average molecular weight is 309 g/mol. The maximum atomic E-state index is 13.1. The second-order valence-electron chi connectivity index (χ2n) is 5.88. The third kappa shape index (κ3) is 2.06. The molecule has 2 N–H and O–H groups in total. The first-order valence-corrected chi connectivity index (χ1v) is 7.78. The molecule has 1 aliphatic rings. The van der Waals surface area contributed by atoms with E-state index < -0.39 is 0 Å². The fraction of sp³-hybridized carbons (Fsp3) is 0.294. The Balaban J connectivity index is 1.91. The number of imidazole rings is 1. The Bertz CT molecular complexity index is 903. The molecule has 23 heavy (non-hydrogen) atoms. The zero-order valence-electron chi connectivity index (χ0n) is 13.2. The van der Waals surface area contributed by atoms with Crippen molar-refractivity contribution in [2.75, 3.05) is 6.54 Å². The van der Waals surface area contributed by atoms with E-state index in [1.54, 1.807) is 11.0 Å². The molecular formula is C17H19N5O. The summed E-state index contributed by atoms with van der Waals surface area (Å²) in [6.45, 7) is 2.82. The van der Waals surface area contributed by atoms with E-state index in [-0.39, 0.29) is 11.6 Å². The lowest BCUT2D eigenvalue weighted by Gasteiger charge is -2.22. The van der Waals surface area contributed by atoms with Crippen molar-refractivity contribution in [2.24, 2.45) is 7.05 Å². The van der Waals surface area contributed by atoms with Gasteiger partial charge in [0.15, 0.2) is 0 Å². The molecule has 3 heterocycles. The molecule has 1 aromatic carbocycles. The highest BCUT2D eigenvalue weighted by Gasteiger charge is 2.30. The molecule has 0 unspecified atom stereocenters. The van der Waals surface area contributed by atoms with Crippen LogP contribution in [0.4, 0.5) is 0 Å². The van der Waals surface area contributed by atoms with E-state index in [2.05, 4.69) is 15.3 Å².